The maximum atomic E-state index is 12.5. The van der Waals surface area contributed by atoms with E-state index in [2.05, 4.69) is 5.32 Å². The van der Waals surface area contributed by atoms with Gasteiger partial charge in [-0.3, -0.25) is 0 Å². The van der Waals surface area contributed by atoms with E-state index in [1.807, 2.05) is 30.3 Å². The van der Waals surface area contributed by atoms with Gasteiger partial charge in [0, 0.05) is 12.6 Å². The number of β-amino-alcohol motifs (C(OH)–C–C–N with tert-alkyl or cyclic N) is 1. The Morgan fingerprint density at radius 1 is 1.09 bits per heavy atom. The molecule has 2 N–H and O–H groups in total. The number of benzene rings is 1. The van der Waals surface area contributed by atoms with Gasteiger partial charge in [-0.05, 0) is 24.8 Å². The van der Waals surface area contributed by atoms with Crippen LogP contribution >= 0.6 is 0 Å². The highest BCUT2D eigenvalue weighted by Gasteiger charge is 2.39. The van der Waals surface area contributed by atoms with Crippen LogP contribution in [-0.4, -0.2) is 35.2 Å². The van der Waals surface area contributed by atoms with Crippen LogP contribution in [-0.2, 0) is 5.60 Å². The minimum atomic E-state index is -0.903. The van der Waals surface area contributed by atoms with Crippen molar-refractivity contribution < 1.29 is 9.90 Å². The SMILES string of the molecule is O=C(NC1CCCCCCC1)N1CCC(O)(c2ccccc2)C1. The van der Waals surface area contributed by atoms with E-state index < -0.39 is 5.60 Å². The van der Waals surface area contributed by atoms with Gasteiger partial charge in [0.1, 0.15) is 5.60 Å². The van der Waals surface area contributed by atoms with Crippen molar-refractivity contribution in [2.75, 3.05) is 13.1 Å². The number of hydrogen-bond acceptors (Lipinski definition) is 2. The van der Waals surface area contributed by atoms with Crippen LogP contribution in [0.2, 0.25) is 0 Å². The molecule has 1 aromatic rings. The Labute approximate surface area is 138 Å². The van der Waals surface area contributed by atoms with Gasteiger partial charge in [0.05, 0.1) is 6.54 Å². The van der Waals surface area contributed by atoms with E-state index in [0.29, 0.717) is 25.6 Å². The van der Waals surface area contributed by atoms with E-state index in [9.17, 15) is 9.90 Å². The average Bonchev–Trinajstić information content (AvgIpc) is 2.95. The van der Waals surface area contributed by atoms with Crippen molar-refractivity contribution in [1.29, 1.82) is 0 Å². The number of nitrogens with zero attached hydrogens (tertiary/aromatic N) is 1. The first-order valence-corrected chi connectivity index (χ1v) is 9.01. The molecular formula is C19H28N2O2. The van der Waals surface area contributed by atoms with Crippen LogP contribution in [0.3, 0.4) is 0 Å². The van der Waals surface area contributed by atoms with Gasteiger partial charge in [-0.2, -0.15) is 0 Å². The number of likely N-dealkylation sites (tertiary alicyclic amines) is 1. The highest BCUT2D eigenvalue weighted by Crippen LogP contribution is 2.31. The van der Waals surface area contributed by atoms with Crippen molar-refractivity contribution in [2.45, 2.75) is 63.0 Å². The Balaban J connectivity index is 1.56. The molecule has 3 rings (SSSR count). The third-order valence-corrected chi connectivity index (χ3v) is 5.28. The molecule has 2 fully saturated rings. The monoisotopic (exact) mass is 316 g/mol. The van der Waals surface area contributed by atoms with Gasteiger partial charge >= 0.3 is 6.03 Å². The number of carbonyl (C=O) groups excluding carboxylic acids is 1. The summed E-state index contributed by atoms with van der Waals surface area (Å²) < 4.78 is 0. The molecule has 0 aromatic heterocycles. The molecule has 4 heteroatoms. The number of amides is 2. The molecule has 4 nitrogen and oxygen atoms in total. The number of carbonyl (C=O) groups is 1. The summed E-state index contributed by atoms with van der Waals surface area (Å²) in [5.74, 6) is 0. The molecule has 1 saturated carbocycles. The summed E-state index contributed by atoms with van der Waals surface area (Å²) in [7, 11) is 0. The predicted octanol–water partition coefficient (Wildman–Crippen LogP) is 3.40. The van der Waals surface area contributed by atoms with Crippen LogP contribution in [0.25, 0.3) is 0 Å². The lowest BCUT2D eigenvalue weighted by Crippen LogP contribution is -2.45. The molecule has 0 radical (unpaired) electrons. The molecule has 0 bridgehead atoms. The van der Waals surface area contributed by atoms with Crippen molar-refractivity contribution in [2.24, 2.45) is 0 Å². The maximum Gasteiger partial charge on any atom is 0.317 e. The summed E-state index contributed by atoms with van der Waals surface area (Å²) >= 11 is 0. The van der Waals surface area contributed by atoms with Gasteiger partial charge in [0.25, 0.3) is 0 Å². The lowest BCUT2D eigenvalue weighted by atomic mass is 9.93. The third kappa shape index (κ3) is 4.05. The lowest BCUT2D eigenvalue weighted by molar-refractivity contribution is 0.0492. The molecular weight excluding hydrogens is 288 g/mol. The molecule has 0 spiro atoms. The third-order valence-electron chi connectivity index (χ3n) is 5.28. The molecule has 1 unspecified atom stereocenters. The second-order valence-corrected chi connectivity index (χ2v) is 7.06. The Kier molecular flexibility index (Phi) is 5.21. The van der Waals surface area contributed by atoms with E-state index in [-0.39, 0.29) is 6.03 Å². The molecule has 1 aliphatic carbocycles. The summed E-state index contributed by atoms with van der Waals surface area (Å²) in [5.41, 5.74) is 0.000699. The quantitative estimate of drug-likeness (QED) is 0.878. The van der Waals surface area contributed by atoms with Crippen LogP contribution < -0.4 is 5.32 Å². The topological polar surface area (TPSA) is 52.6 Å². The normalized spacial score (nSPS) is 26.6. The van der Waals surface area contributed by atoms with Crippen molar-refractivity contribution in [1.82, 2.24) is 10.2 Å². The molecule has 23 heavy (non-hydrogen) atoms. The maximum absolute atomic E-state index is 12.5. The van der Waals surface area contributed by atoms with Crippen LogP contribution in [0.15, 0.2) is 30.3 Å². The van der Waals surface area contributed by atoms with Crippen molar-refractivity contribution >= 4 is 6.03 Å². The van der Waals surface area contributed by atoms with E-state index in [0.717, 1.165) is 18.4 Å². The zero-order valence-corrected chi connectivity index (χ0v) is 13.8. The van der Waals surface area contributed by atoms with Gasteiger partial charge in [-0.25, -0.2) is 4.79 Å². The Morgan fingerprint density at radius 2 is 1.74 bits per heavy atom. The molecule has 1 saturated heterocycles. The summed E-state index contributed by atoms with van der Waals surface area (Å²) in [4.78, 5) is 14.3. The zero-order chi connectivity index (χ0) is 16.1. The van der Waals surface area contributed by atoms with Gasteiger partial charge in [-0.15, -0.1) is 0 Å². The molecule has 1 aromatic carbocycles. The average molecular weight is 316 g/mol. The zero-order valence-electron chi connectivity index (χ0n) is 13.8. The van der Waals surface area contributed by atoms with Crippen molar-refractivity contribution in [3.63, 3.8) is 0 Å². The van der Waals surface area contributed by atoms with Gasteiger partial charge in [0.2, 0.25) is 0 Å². The molecule has 1 aliphatic heterocycles. The lowest BCUT2D eigenvalue weighted by Gasteiger charge is -2.26. The fraction of sp³-hybridized carbons (Fsp3) is 0.632. The van der Waals surface area contributed by atoms with Crippen molar-refractivity contribution in [3.8, 4) is 0 Å². The number of rotatable bonds is 2. The first-order chi connectivity index (χ1) is 11.2. The number of aliphatic hydroxyl groups is 1. The number of hydrogen-bond donors (Lipinski definition) is 2. The van der Waals surface area contributed by atoms with Crippen LogP contribution in [0.1, 0.15) is 56.9 Å². The number of urea groups is 1. The van der Waals surface area contributed by atoms with Gasteiger partial charge in [0.15, 0.2) is 0 Å². The van der Waals surface area contributed by atoms with Crippen molar-refractivity contribution in [3.05, 3.63) is 35.9 Å². The van der Waals surface area contributed by atoms with Crippen LogP contribution in [0, 0.1) is 0 Å². The minimum absolute atomic E-state index is 0.0116. The Hall–Kier alpha value is -1.55. The second kappa shape index (κ2) is 7.35. The first kappa shape index (κ1) is 16.3. The highest BCUT2D eigenvalue weighted by atomic mass is 16.3. The largest absolute Gasteiger partial charge is 0.383 e. The van der Waals surface area contributed by atoms with Gasteiger partial charge < -0.3 is 15.3 Å². The standard InChI is InChI=1S/C19H28N2O2/c22-18(20-17-11-7-2-1-3-8-12-17)21-14-13-19(23,15-21)16-9-5-4-6-10-16/h4-6,9-10,17,23H,1-3,7-8,11-15H2,(H,20,22). The Bertz CT molecular complexity index is 511. The smallest absolute Gasteiger partial charge is 0.317 e. The highest BCUT2D eigenvalue weighted by molar-refractivity contribution is 5.75. The van der Waals surface area contributed by atoms with E-state index >= 15 is 0 Å². The predicted molar refractivity (Wildman–Crippen MR) is 91.2 cm³/mol. The molecule has 1 atom stereocenters. The van der Waals surface area contributed by atoms with E-state index in [1.54, 1.807) is 4.90 Å². The second-order valence-electron chi connectivity index (χ2n) is 7.06. The van der Waals surface area contributed by atoms with E-state index in [4.69, 9.17) is 0 Å². The molecule has 1 heterocycles. The molecule has 2 aliphatic rings. The summed E-state index contributed by atoms with van der Waals surface area (Å²) in [5, 5.41) is 14.0. The minimum Gasteiger partial charge on any atom is -0.383 e. The van der Waals surface area contributed by atoms with Gasteiger partial charge in [-0.1, -0.05) is 62.4 Å². The van der Waals surface area contributed by atoms with Crippen LogP contribution in [0.4, 0.5) is 4.79 Å². The van der Waals surface area contributed by atoms with Crippen LogP contribution in [0.5, 0.6) is 0 Å². The number of nitrogens with one attached hydrogen (secondary N) is 1. The fourth-order valence-corrected chi connectivity index (χ4v) is 3.82. The summed E-state index contributed by atoms with van der Waals surface area (Å²) in [6, 6.07) is 9.98. The van der Waals surface area contributed by atoms with E-state index in [1.165, 1.54) is 32.1 Å². The molecule has 126 valence electrons. The first-order valence-electron chi connectivity index (χ1n) is 9.01. The Morgan fingerprint density at radius 3 is 2.43 bits per heavy atom. The molecule has 2 amide bonds. The fourth-order valence-electron chi connectivity index (χ4n) is 3.82. The summed E-state index contributed by atoms with van der Waals surface area (Å²) in [6.07, 6.45) is 9.09. The summed E-state index contributed by atoms with van der Waals surface area (Å²) in [6.45, 7) is 1.000.